The van der Waals surface area contributed by atoms with Gasteiger partial charge in [0.15, 0.2) is 0 Å². The molecule has 0 unspecified atom stereocenters. The summed E-state index contributed by atoms with van der Waals surface area (Å²) in [6.45, 7) is 1.85. The molecule has 84 valence electrons. The van der Waals surface area contributed by atoms with Gasteiger partial charge in [-0.1, -0.05) is 11.6 Å². The number of Topliss-reactive ketones (excluding diaryl/α,β-unsaturated/α-hetero) is 1. The molecule has 0 aliphatic rings. The molecule has 1 rings (SSSR count). The third kappa shape index (κ3) is 3.24. The van der Waals surface area contributed by atoms with E-state index in [1.165, 1.54) is 0 Å². The Morgan fingerprint density at radius 3 is 2.73 bits per heavy atom. The second kappa shape index (κ2) is 5.56. The molecule has 1 aromatic rings. The second-order valence-corrected chi connectivity index (χ2v) is 4.79. The van der Waals surface area contributed by atoms with Crippen LogP contribution >= 0.6 is 23.4 Å². The van der Waals surface area contributed by atoms with Crippen molar-refractivity contribution in [3.05, 3.63) is 16.4 Å². The first-order chi connectivity index (χ1) is 7.06. The summed E-state index contributed by atoms with van der Waals surface area (Å²) in [6, 6.07) is 0. The van der Waals surface area contributed by atoms with Gasteiger partial charge in [0.25, 0.3) is 0 Å². The van der Waals surface area contributed by atoms with Crippen LogP contribution in [0.1, 0.15) is 17.8 Å². The van der Waals surface area contributed by atoms with Crippen LogP contribution < -0.4 is 0 Å². The zero-order chi connectivity index (χ0) is 11.4. The van der Waals surface area contributed by atoms with Crippen molar-refractivity contribution >= 4 is 29.1 Å². The van der Waals surface area contributed by atoms with Gasteiger partial charge in [-0.05, 0) is 18.9 Å². The van der Waals surface area contributed by atoms with Crippen molar-refractivity contribution < 1.29 is 4.79 Å². The largest absolute Gasteiger partial charge is 0.299 e. The van der Waals surface area contributed by atoms with Crippen LogP contribution in [0.4, 0.5) is 0 Å². The fourth-order valence-electron chi connectivity index (χ4n) is 1.36. The summed E-state index contributed by atoms with van der Waals surface area (Å²) in [4.78, 5) is 11.6. The minimum atomic E-state index is 0.217. The van der Waals surface area contributed by atoms with Gasteiger partial charge in [-0.25, -0.2) is 0 Å². The lowest BCUT2D eigenvalue weighted by molar-refractivity contribution is -0.118. The first kappa shape index (κ1) is 12.6. The Morgan fingerprint density at radius 2 is 2.27 bits per heavy atom. The summed E-state index contributed by atoms with van der Waals surface area (Å²) in [6.07, 6.45) is 2.98. The molecule has 0 N–H and O–H groups in total. The first-order valence-corrected chi connectivity index (χ1v) is 6.52. The molecule has 0 fully saturated rings. The van der Waals surface area contributed by atoms with E-state index in [-0.39, 0.29) is 5.78 Å². The monoisotopic (exact) mass is 246 g/mol. The molecule has 1 aromatic heterocycles. The normalized spacial score (nSPS) is 10.7. The van der Waals surface area contributed by atoms with Gasteiger partial charge in [0.05, 0.1) is 16.4 Å². The Balaban J connectivity index is 2.68. The molecule has 3 nitrogen and oxygen atoms in total. The molecule has 1 heterocycles. The third-order valence-electron chi connectivity index (χ3n) is 2.21. The van der Waals surface area contributed by atoms with E-state index in [4.69, 9.17) is 11.6 Å². The molecule has 0 spiro atoms. The summed E-state index contributed by atoms with van der Waals surface area (Å²) in [7, 11) is 1.82. The predicted octanol–water partition coefficient (Wildman–Crippen LogP) is 2.25. The minimum absolute atomic E-state index is 0.217. The van der Waals surface area contributed by atoms with Crippen LogP contribution in [0.25, 0.3) is 0 Å². The van der Waals surface area contributed by atoms with Crippen LogP contribution in [0.15, 0.2) is 0 Å². The molecule has 0 radical (unpaired) electrons. The maximum atomic E-state index is 11.6. The van der Waals surface area contributed by atoms with E-state index in [0.717, 1.165) is 17.1 Å². The number of hydrogen-bond acceptors (Lipinski definition) is 3. The van der Waals surface area contributed by atoms with Crippen molar-refractivity contribution in [2.24, 2.45) is 7.05 Å². The Kier molecular flexibility index (Phi) is 4.67. The number of thioether (sulfide) groups is 1. The third-order valence-corrected chi connectivity index (χ3v) is 3.32. The molecule has 15 heavy (non-hydrogen) atoms. The zero-order valence-electron chi connectivity index (χ0n) is 9.21. The van der Waals surface area contributed by atoms with Crippen LogP contribution in [0.5, 0.6) is 0 Å². The Labute approximate surface area is 99.2 Å². The number of carbonyl (C=O) groups excluding carboxylic acids is 1. The van der Waals surface area contributed by atoms with E-state index in [1.807, 2.05) is 20.2 Å². The summed E-state index contributed by atoms with van der Waals surface area (Å²) >= 11 is 7.73. The lowest BCUT2D eigenvalue weighted by Crippen LogP contribution is -2.08. The highest BCUT2D eigenvalue weighted by Gasteiger charge is 2.14. The summed E-state index contributed by atoms with van der Waals surface area (Å²) in [5.74, 6) is 1.09. The standard InChI is InChI=1S/C10H15ClN2OS/c1-7-10(11)9(13(2)12-7)6-8(14)4-5-15-3/h4-6H2,1-3H3. The fourth-order valence-corrected chi connectivity index (χ4v) is 2.02. The quantitative estimate of drug-likeness (QED) is 0.799. The summed E-state index contributed by atoms with van der Waals surface area (Å²) in [5.41, 5.74) is 1.60. The molecule has 0 bridgehead atoms. The number of rotatable bonds is 5. The molecule has 5 heteroatoms. The highest BCUT2D eigenvalue weighted by Crippen LogP contribution is 2.20. The van der Waals surface area contributed by atoms with Gasteiger partial charge in [-0.3, -0.25) is 9.48 Å². The van der Waals surface area contributed by atoms with Crippen LogP contribution in [-0.2, 0) is 18.3 Å². The Bertz CT molecular complexity index is 363. The van der Waals surface area contributed by atoms with Gasteiger partial charge in [0.1, 0.15) is 5.78 Å². The number of aryl methyl sites for hydroxylation is 2. The number of carbonyl (C=O) groups is 1. The van der Waals surface area contributed by atoms with Crippen molar-refractivity contribution in [3.8, 4) is 0 Å². The Morgan fingerprint density at radius 1 is 1.60 bits per heavy atom. The maximum absolute atomic E-state index is 11.6. The number of halogens is 1. The lowest BCUT2D eigenvalue weighted by Gasteiger charge is -2.01. The van der Waals surface area contributed by atoms with Crippen molar-refractivity contribution in [2.75, 3.05) is 12.0 Å². The van der Waals surface area contributed by atoms with Crippen LogP contribution in [0, 0.1) is 6.92 Å². The van der Waals surface area contributed by atoms with E-state index in [0.29, 0.717) is 17.9 Å². The molecule has 0 aliphatic carbocycles. The highest BCUT2D eigenvalue weighted by molar-refractivity contribution is 7.98. The van der Waals surface area contributed by atoms with Crippen molar-refractivity contribution in [1.82, 2.24) is 9.78 Å². The van der Waals surface area contributed by atoms with Crippen LogP contribution in [-0.4, -0.2) is 27.6 Å². The predicted molar refractivity (Wildman–Crippen MR) is 64.7 cm³/mol. The van der Waals surface area contributed by atoms with Gasteiger partial charge in [-0.15, -0.1) is 0 Å². The number of ketones is 1. The summed E-state index contributed by atoms with van der Waals surface area (Å²) in [5, 5.41) is 4.79. The topological polar surface area (TPSA) is 34.9 Å². The average Bonchev–Trinajstić information content (AvgIpc) is 2.42. The molecule has 0 saturated carbocycles. The van der Waals surface area contributed by atoms with E-state index < -0.39 is 0 Å². The van der Waals surface area contributed by atoms with Crippen molar-refractivity contribution in [1.29, 1.82) is 0 Å². The van der Waals surface area contributed by atoms with Crippen LogP contribution in [0.3, 0.4) is 0 Å². The van der Waals surface area contributed by atoms with E-state index in [9.17, 15) is 4.79 Å². The maximum Gasteiger partial charge on any atom is 0.139 e. The SMILES string of the molecule is CSCCC(=O)Cc1c(Cl)c(C)nn1C. The van der Waals surface area contributed by atoms with E-state index in [1.54, 1.807) is 16.4 Å². The molecule has 0 aromatic carbocycles. The number of aromatic nitrogens is 2. The Hall–Kier alpha value is -0.480. The molecule has 0 aliphatic heterocycles. The van der Waals surface area contributed by atoms with E-state index >= 15 is 0 Å². The van der Waals surface area contributed by atoms with Gasteiger partial charge >= 0.3 is 0 Å². The number of nitrogens with zero attached hydrogens (tertiary/aromatic N) is 2. The van der Waals surface area contributed by atoms with Crippen molar-refractivity contribution in [3.63, 3.8) is 0 Å². The number of hydrogen-bond donors (Lipinski definition) is 0. The average molecular weight is 247 g/mol. The van der Waals surface area contributed by atoms with Crippen LogP contribution in [0.2, 0.25) is 5.02 Å². The highest BCUT2D eigenvalue weighted by atomic mass is 35.5. The minimum Gasteiger partial charge on any atom is -0.299 e. The molecule has 0 saturated heterocycles. The molecular weight excluding hydrogens is 232 g/mol. The zero-order valence-corrected chi connectivity index (χ0v) is 10.8. The molecule has 0 atom stereocenters. The smallest absolute Gasteiger partial charge is 0.139 e. The summed E-state index contributed by atoms with van der Waals surface area (Å²) < 4.78 is 1.69. The first-order valence-electron chi connectivity index (χ1n) is 4.75. The van der Waals surface area contributed by atoms with Gasteiger partial charge < -0.3 is 0 Å². The van der Waals surface area contributed by atoms with Gasteiger partial charge in [-0.2, -0.15) is 16.9 Å². The fraction of sp³-hybridized carbons (Fsp3) is 0.600. The van der Waals surface area contributed by atoms with Gasteiger partial charge in [0, 0.05) is 19.9 Å². The lowest BCUT2D eigenvalue weighted by atomic mass is 10.2. The second-order valence-electron chi connectivity index (χ2n) is 3.43. The van der Waals surface area contributed by atoms with Gasteiger partial charge in [0.2, 0.25) is 0 Å². The molecule has 0 amide bonds. The van der Waals surface area contributed by atoms with E-state index in [2.05, 4.69) is 5.10 Å². The van der Waals surface area contributed by atoms with Crippen molar-refractivity contribution in [2.45, 2.75) is 19.8 Å². The molecular formula is C10H15ClN2OS.